The lowest BCUT2D eigenvalue weighted by Gasteiger charge is -2.27. The predicted molar refractivity (Wildman–Crippen MR) is 72.1 cm³/mol. The smallest absolute Gasteiger partial charge is 0.228 e. The summed E-state index contributed by atoms with van der Waals surface area (Å²) in [6.07, 6.45) is 0.853. The van der Waals surface area contributed by atoms with Gasteiger partial charge in [-0.3, -0.25) is 4.79 Å². The minimum Gasteiger partial charge on any atom is -0.339 e. The average Bonchev–Trinajstić information content (AvgIpc) is 2.56. The maximum Gasteiger partial charge on any atom is 0.228 e. The Bertz CT molecular complexity index is 390. The fourth-order valence-electron chi connectivity index (χ4n) is 1.55. The second kappa shape index (κ2) is 5.17. The SMILES string of the molecule is CCC(C)(C)C(=O)N(C)Cc1nc(C)c(C)s1. The normalized spacial score (nSPS) is 11.6. The van der Waals surface area contributed by atoms with Crippen molar-refractivity contribution in [3.05, 3.63) is 15.6 Å². The van der Waals surface area contributed by atoms with Crippen molar-refractivity contribution in [1.82, 2.24) is 9.88 Å². The van der Waals surface area contributed by atoms with Crippen molar-refractivity contribution in [3.63, 3.8) is 0 Å². The Labute approximate surface area is 108 Å². The molecule has 1 rings (SSSR count). The Morgan fingerprint density at radius 2 is 2.00 bits per heavy atom. The van der Waals surface area contributed by atoms with Crippen LogP contribution in [0.1, 0.15) is 42.8 Å². The van der Waals surface area contributed by atoms with Gasteiger partial charge in [0, 0.05) is 17.3 Å². The van der Waals surface area contributed by atoms with Crippen LogP contribution in [0.25, 0.3) is 0 Å². The zero-order valence-corrected chi connectivity index (χ0v) is 12.4. The van der Waals surface area contributed by atoms with Gasteiger partial charge >= 0.3 is 0 Å². The van der Waals surface area contributed by atoms with E-state index >= 15 is 0 Å². The van der Waals surface area contributed by atoms with Crippen molar-refractivity contribution < 1.29 is 4.79 Å². The molecule has 1 aromatic heterocycles. The van der Waals surface area contributed by atoms with Gasteiger partial charge < -0.3 is 4.90 Å². The average molecular weight is 254 g/mol. The number of carbonyl (C=O) groups is 1. The van der Waals surface area contributed by atoms with Crippen LogP contribution in [0.5, 0.6) is 0 Å². The van der Waals surface area contributed by atoms with E-state index in [0.29, 0.717) is 6.54 Å². The highest BCUT2D eigenvalue weighted by Crippen LogP contribution is 2.24. The highest BCUT2D eigenvalue weighted by atomic mass is 32.1. The number of nitrogens with zero attached hydrogens (tertiary/aromatic N) is 2. The number of aryl methyl sites for hydroxylation is 2. The van der Waals surface area contributed by atoms with Crippen LogP contribution in [0, 0.1) is 19.3 Å². The van der Waals surface area contributed by atoms with E-state index in [2.05, 4.69) is 11.9 Å². The predicted octanol–water partition coefficient (Wildman–Crippen LogP) is 3.15. The molecule has 0 spiro atoms. The zero-order chi connectivity index (χ0) is 13.2. The zero-order valence-electron chi connectivity index (χ0n) is 11.6. The lowest BCUT2D eigenvalue weighted by molar-refractivity contribution is -0.139. The van der Waals surface area contributed by atoms with Crippen LogP contribution in [0.3, 0.4) is 0 Å². The van der Waals surface area contributed by atoms with Crippen molar-refractivity contribution in [3.8, 4) is 0 Å². The third kappa shape index (κ3) is 3.28. The van der Waals surface area contributed by atoms with E-state index in [-0.39, 0.29) is 11.3 Å². The molecule has 0 bridgehead atoms. The van der Waals surface area contributed by atoms with Gasteiger partial charge in [0.2, 0.25) is 5.91 Å². The van der Waals surface area contributed by atoms with E-state index in [4.69, 9.17) is 0 Å². The molecule has 0 fully saturated rings. The number of carbonyl (C=O) groups excluding carboxylic acids is 1. The second-order valence-electron chi connectivity index (χ2n) is 5.15. The van der Waals surface area contributed by atoms with E-state index in [0.717, 1.165) is 17.1 Å². The lowest BCUT2D eigenvalue weighted by Crippen LogP contribution is -2.37. The van der Waals surface area contributed by atoms with Gasteiger partial charge in [-0.05, 0) is 20.3 Å². The summed E-state index contributed by atoms with van der Waals surface area (Å²) >= 11 is 1.67. The molecule has 1 aromatic rings. The fourth-order valence-corrected chi connectivity index (χ4v) is 2.54. The Balaban J connectivity index is 2.73. The monoisotopic (exact) mass is 254 g/mol. The third-order valence-corrected chi connectivity index (χ3v) is 4.31. The molecule has 4 heteroatoms. The molecule has 3 nitrogen and oxygen atoms in total. The molecule has 1 heterocycles. The highest BCUT2D eigenvalue weighted by molar-refractivity contribution is 7.11. The maximum absolute atomic E-state index is 12.2. The van der Waals surface area contributed by atoms with Crippen LogP contribution >= 0.6 is 11.3 Å². The summed E-state index contributed by atoms with van der Waals surface area (Å²) in [5.41, 5.74) is 0.788. The van der Waals surface area contributed by atoms with Gasteiger partial charge in [-0.25, -0.2) is 4.98 Å². The summed E-state index contributed by atoms with van der Waals surface area (Å²) in [6.45, 7) is 10.7. The summed E-state index contributed by atoms with van der Waals surface area (Å²) in [6, 6.07) is 0. The topological polar surface area (TPSA) is 33.2 Å². The molecule has 96 valence electrons. The Kier molecular flexibility index (Phi) is 4.31. The number of hydrogen-bond acceptors (Lipinski definition) is 3. The molecule has 0 saturated heterocycles. The molecule has 0 aromatic carbocycles. The maximum atomic E-state index is 12.2. The fraction of sp³-hybridized carbons (Fsp3) is 0.692. The molecule has 0 aliphatic heterocycles. The Hall–Kier alpha value is -0.900. The first-order valence-electron chi connectivity index (χ1n) is 5.96. The second-order valence-corrected chi connectivity index (χ2v) is 6.44. The van der Waals surface area contributed by atoms with Crippen molar-refractivity contribution in [2.75, 3.05) is 7.05 Å². The molecule has 0 aliphatic carbocycles. The molecular weight excluding hydrogens is 232 g/mol. The Morgan fingerprint density at radius 3 is 2.41 bits per heavy atom. The van der Waals surface area contributed by atoms with E-state index in [1.165, 1.54) is 4.88 Å². The largest absolute Gasteiger partial charge is 0.339 e. The van der Waals surface area contributed by atoms with Gasteiger partial charge in [0.1, 0.15) is 5.01 Å². The third-order valence-electron chi connectivity index (χ3n) is 3.25. The van der Waals surface area contributed by atoms with Crippen LogP contribution in [-0.4, -0.2) is 22.8 Å². The number of aromatic nitrogens is 1. The van der Waals surface area contributed by atoms with Gasteiger partial charge in [0.05, 0.1) is 12.2 Å². The standard InChI is InChI=1S/C13H22N2OS/c1-7-13(4,5)12(16)15(6)8-11-14-9(2)10(3)17-11/h7-8H2,1-6H3. The Morgan fingerprint density at radius 1 is 1.41 bits per heavy atom. The van der Waals surface area contributed by atoms with Crippen LogP contribution in [-0.2, 0) is 11.3 Å². The summed E-state index contributed by atoms with van der Waals surface area (Å²) in [5, 5.41) is 1.02. The summed E-state index contributed by atoms with van der Waals surface area (Å²) in [5.74, 6) is 0.186. The molecule has 0 aliphatic rings. The first-order chi connectivity index (χ1) is 7.77. The van der Waals surface area contributed by atoms with Crippen LogP contribution in [0.4, 0.5) is 0 Å². The quantitative estimate of drug-likeness (QED) is 0.827. The molecular formula is C13H22N2OS. The van der Waals surface area contributed by atoms with Crippen molar-refractivity contribution in [2.45, 2.75) is 47.6 Å². The van der Waals surface area contributed by atoms with E-state index in [1.807, 2.05) is 34.7 Å². The van der Waals surface area contributed by atoms with Crippen LogP contribution in [0.2, 0.25) is 0 Å². The first-order valence-corrected chi connectivity index (χ1v) is 6.78. The molecule has 0 unspecified atom stereocenters. The number of hydrogen-bond donors (Lipinski definition) is 0. The van der Waals surface area contributed by atoms with Crippen molar-refractivity contribution in [2.24, 2.45) is 5.41 Å². The van der Waals surface area contributed by atoms with E-state index < -0.39 is 0 Å². The van der Waals surface area contributed by atoms with Crippen LogP contribution in [0.15, 0.2) is 0 Å². The van der Waals surface area contributed by atoms with Gasteiger partial charge in [-0.1, -0.05) is 20.8 Å². The summed E-state index contributed by atoms with van der Waals surface area (Å²) in [7, 11) is 1.85. The van der Waals surface area contributed by atoms with E-state index in [9.17, 15) is 4.79 Å². The minimum absolute atomic E-state index is 0.186. The van der Waals surface area contributed by atoms with Gasteiger partial charge in [-0.15, -0.1) is 11.3 Å². The highest BCUT2D eigenvalue weighted by Gasteiger charge is 2.28. The first kappa shape index (κ1) is 14.2. The number of amides is 1. The van der Waals surface area contributed by atoms with Crippen molar-refractivity contribution in [1.29, 1.82) is 0 Å². The molecule has 0 atom stereocenters. The molecule has 17 heavy (non-hydrogen) atoms. The van der Waals surface area contributed by atoms with Crippen molar-refractivity contribution >= 4 is 17.2 Å². The van der Waals surface area contributed by atoms with Crippen LogP contribution < -0.4 is 0 Å². The molecule has 0 saturated carbocycles. The molecule has 0 radical (unpaired) electrons. The lowest BCUT2D eigenvalue weighted by atomic mass is 9.89. The molecule has 0 N–H and O–H groups in total. The summed E-state index contributed by atoms with van der Waals surface area (Å²) in [4.78, 5) is 19.7. The van der Waals surface area contributed by atoms with E-state index in [1.54, 1.807) is 16.2 Å². The number of thiazole rings is 1. The summed E-state index contributed by atoms with van der Waals surface area (Å²) < 4.78 is 0. The van der Waals surface area contributed by atoms with Gasteiger partial charge in [0.25, 0.3) is 0 Å². The molecule has 1 amide bonds. The van der Waals surface area contributed by atoms with Gasteiger partial charge in [0.15, 0.2) is 0 Å². The van der Waals surface area contributed by atoms with Gasteiger partial charge in [-0.2, -0.15) is 0 Å². The number of rotatable bonds is 4. The minimum atomic E-state index is -0.282.